The number of anilines is 1. The Bertz CT molecular complexity index is 1130. The maximum absolute atomic E-state index is 5.83. The largest absolute Gasteiger partial charge is 0.497 e. The van der Waals surface area contributed by atoms with Crippen LogP contribution in [0.1, 0.15) is 55.6 Å². The SMILES string of the molecule is COc1ccc(N2CCN(C(c3cc(OC)ccc3OC)c3nnnn3C3CCCCC3)CC2)cc1.Cl. The summed E-state index contributed by atoms with van der Waals surface area (Å²) < 4.78 is 18.8. The zero-order chi connectivity index (χ0) is 24.9. The Kier molecular flexibility index (Phi) is 9.10. The third-order valence-corrected chi connectivity index (χ3v) is 7.53. The van der Waals surface area contributed by atoms with E-state index in [-0.39, 0.29) is 18.4 Å². The molecule has 37 heavy (non-hydrogen) atoms. The normalized spacial score (nSPS) is 17.6. The number of ether oxygens (including phenoxy) is 3. The second kappa shape index (κ2) is 12.5. The molecule has 1 aliphatic heterocycles. The summed E-state index contributed by atoms with van der Waals surface area (Å²) in [4.78, 5) is 4.89. The number of hydrogen-bond donors (Lipinski definition) is 0. The van der Waals surface area contributed by atoms with Crippen molar-refractivity contribution in [3.8, 4) is 17.2 Å². The maximum Gasteiger partial charge on any atom is 0.173 e. The first-order valence-electron chi connectivity index (χ1n) is 12.8. The molecule has 0 bridgehead atoms. The van der Waals surface area contributed by atoms with E-state index < -0.39 is 0 Å². The van der Waals surface area contributed by atoms with E-state index in [0.717, 1.165) is 67.7 Å². The van der Waals surface area contributed by atoms with E-state index in [1.54, 1.807) is 21.3 Å². The third-order valence-electron chi connectivity index (χ3n) is 7.53. The van der Waals surface area contributed by atoms with Crippen molar-refractivity contribution >= 4 is 18.1 Å². The molecule has 1 saturated carbocycles. The highest BCUT2D eigenvalue weighted by Gasteiger charge is 2.34. The van der Waals surface area contributed by atoms with E-state index in [2.05, 4.69) is 48.2 Å². The van der Waals surface area contributed by atoms with E-state index in [4.69, 9.17) is 14.2 Å². The number of nitrogens with zero attached hydrogens (tertiary/aromatic N) is 6. The molecule has 5 rings (SSSR count). The molecule has 2 aliphatic rings. The summed E-state index contributed by atoms with van der Waals surface area (Å²) >= 11 is 0. The number of rotatable bonds is 8. The van der Waals surface area contributed by atoms with Crippen molar-refractivity contribution in [2.24, 2.45) is 0 Å². The van der Waals surface area contributed by atoms with Gasteiger partial charge in [-0.1, -0.05) is 19.3 Å². The van der Waals surface area contributed by atoms with Crippen LogP contribution in [0.4, 0.5) is 5.69 Å². The van der Waals surface area contributed by atoms with Gasteiger partial charge >= 0.3 is 0 Å². The van der Waals surface area contributed by atoms with Gasteiger partial charge in [0.15, 0.2) is 5.82 Å². The van der Waals surface area contributed by atoms with Gasteiger partial charge in [0.2, 0.25) is 0 Å². The molecule has 2 heterocycles. The monoisotopic (exact) mass is 528 g/mol. The van der Waals surface area contributed by atoms with Crippen molar-refractivity contribution in [3.63, 3.8) is 0 Å². The second-order valence-electron chi connectivity index (χ2n) is 9.50. The fourth-order valence-electron chi connectivity index (χ4n) is 5.55. The molecule has 1 atom stereocenters. The molecule has 200 valence electrons. The number of methoxy groups -OCH3 is 3. The lowest BCUT2D eigenvalue weighted by Gasteiger charge is -2.40. The first kappa shape index (κ1) is 27.0. The van der Waals surface area contributed by atoms with Crippen LogP contribution in [0.5, 0.6) is 17.2 Å². The van der Waals surface area contributed by atoms with Gasteiger partial charge < -0.3 is 19.1 Å². The standard InChI is InChI=1S/C27H36N6O3.ClH/c1-34-22-11-9-20(10-12-22)31-15-17-32(18-16-31)26(24-19-23(35-2)13-14-25(24)36-3)27-28-29-30-33(27)21-7-5-4-6-8-21;/h9-14,19,21,26H,4-8,15-18H2,1-3H3;1H. The maximum atomic E-state index is 5.83. The lowest BCUT2D eigenvalue weighted by atomic mass is 9.94. The summed E-state index contributed by atoms with van der Waals surface area (Å²) in [7, 11) is 5.11. The number of halogens is 1. The van der Waals surface area contributed by atoms with Crippen LogP contribution >= 0.6 is 12.4 Å². The van der Waals surface area contributed by atoms with Gasteiger partial charge in [0.25, 0.3) is 0 Å². The molecule has 1 saturated heterocycles. The molecule has 1 aromatic heterocycles. The minimum Gasteiger partial charge on any atom is -0.497 e. The molecule has 2 aromatic carbocycles. The highest BCUT2D eigenvalue weighted by atomic mass is 35.5. The number of tetrazole rings is 1. The third kappa shape index (κ3) is 5.78. The van der Waals surface area contributed by atoms with Gasteiger partial charge in [0.05, 0.1) is 27.4 Å². The van der Waals surface area contributed by atoms with E-state index >= 15 is 0 Å². The van der Waals surface area contributed by atoms with E-state index in [0.29, 0.717) is 6.04 Å². The van der Waals surface area contributed by atoms with Crippen LogP contribution in [0, 0.1) is 0 Å². The molecule has 0 radical (unpaired) electrons. The summed E-state index contributed by atoms with van der Waals surface area (Å²) in [6.45, 7) is 3.55. The van der Waals surface area contributed by atoms with Crippen LogP contribution in [0.15, 0.2) is 42.5 Å². The fraction of sp³-hybridized carbons (Fsp3) is 0.519. The summed E-state index contributed by atoms with van der Waals surface area (Å²) in [5, 5.41) is 13.3. The highest BCUT2D eigenvalue weighted by Crippen LogP contribution is 2.39. The number of piperazine rings is 1. The van der Waals surface area contributed by atoms with Crippen LogP contribution in [-0.2, 0) is 0 Å². The Morgan fingerprint density at radius 3 is 2.14 bits per heavy atom. The lowest BCUT2D eigenvalue weighted by Crippen LogP contribution is -2.48. The van der Waals surface area contributed by atoms with Crippen LogP contribution in [0.3, 0.4) is 0 Å². The van der Waals surface area contributed by atoms with Crippen LogP contribution in [0.25, 0.3) is 0 Å². The molecule has 2 fully saturated rings. The van der Waals surface area contributed by atoms with Gasteiger partial charge in [-0.05, 0) is 65.7 Å². The molecule has 9 nitrogen and oxygen atoms in total. The molecule has 0 amide bonds. The van der Waals surface area contributed by atoms with Gasteiger partial charge in [-0.15, -0.1) is 17.5 Å². The van der Waals surface area contributed by atoms with Gasteiger partial charge in [-0.2, -0.15) is 0 Å². The molecule has 10 heteroatoms. The first-order chi connectivity index (χ1) is 17.7. The average molecular weight is 529 g/mol. The number of aromatic nitrogens is 4. The summed E-state index contributed by atoms with van der Waals surface area (Å²) in [6.07, 6.45) is 5.96. The second-order valence-corrected chi connectivity index (χ2v) is 9.50. The summed E-state index contributed by atoms with van der Waals surface area (Å²) in [5.41, 5.74) is 2.24. The molecule has 0 spiro atoms. The zero-order valence-corrected chi connectivity index (χ0v) is 22.7. The van der Waals surface area contributed by atoms with Crippen molar-refractivity contribution in [2.45, 2.75) is 44.2 Å². The van der Waals surface area contributed by atoms with Crippen molar-refractivity contribution in [1.82, 2.24) is 25.1 Å². The van der Waals surface area contributed by atoms with Crippen LogP contribution in [0.2, 0.25) is 0 Å². The minimum absolute atomic E-state index is 0. The zero-order valence-electron chi connectivity index (χ0n) is 21.9. The lowest BCUT2D eigenvalue weighted by molar-refractivity contribution is 0.190. The summed E-state index contributed by atoms with van der Waals surface area (Å²) in [5.74, 6) is 3.37. The molecule has 0 N–H and O–H groups in total. The molecule has 1 aliphatic carbocycles. The Balaban J connectivity index is 0.00000320. The van der Waals surface area contributed by atoms with Gasteiger partial charge in [-0.3, -0.25) is 4.90 Å². The van der Waals surface area contributed by atoms with E-state index in [9.17, 15) is 0 Å². The Morgan fingerprint density at radius 1 is 0.811 bits per heavy atom. The van der Waals surface area contributed by atoms with E-state index in [1.165, 1.54) is 24.9 Å². The Hall–Kier alpha value is -3.04. The van der Waals surface area contributed by atoms with Gasteiger partial charge in [0, 0.05) is 37.4 Å². The molecule has 1 unspecified atom stereocenters. The Labute approximate surface area is 225 Å². The molecule has 3 aromatic rings. The van der Waals surface area contributed by atoms with Crippen molar-refractivity contribution in [2.75, 3.05) is 52.4 Å². The fourth-order valence-corrected chi connectivity index (χ4v) is 5.55. The van der Waals surface area contributed by atoms with Crippen LogP contribution in [-0.4, -0.2) is 72.6 Å². The van der Waals surface area contributed by atoms with Gasteiger partial charge in [-0.25, -0.2) is 4.68 Å². The van der Waals surface area contributed by atoms with Crippen molar-refractivity contribution in [1.29, 1.82) is 0 Å². The number of hydrogen-bond acceptors (Lipinski definition) is 8. The predicted octanol–water partition coefficient (Wildman–Crippen LogP) is 4.54. The summed E-state index contributed by atoms with van der Waals surface area (Å²) in [6, 6.07) is 14.5. The quantitative estimate of drug-likeness (QED) is 0.422. The smallest absolute Gasteiger partial charge is 0.173 e. The minimum atomic E-state index is -0.134. The highest BCUT2D eigenvalue weighted by molar-refractivity contribution is 5.85. The molecular formula is C27H37ClN6O3. The topological polar surface area (TPSA) is 77.8 Å². The van der Waals surface area contributed by atoms with Gasteiger partial charge in [0.1, 0.15) is 23.3 Å². The Morgan fingerprint density at radius 2 is 1.49 bits per heavy atom. The average Bonchev–Trinajstić information content (AvgIpc) is 3.43. The van der Waals surface area contributed by atoms with Crippen molar-refractivity contribution < 1.29 is 14.2 Å². The molecular weight excluding hydrogens is 492 g/mol. The number of benzene rings is 2. The van der Waals surface area contributed by atoms with E-state index in [1.807, 2.05) is 24.3 Å². The van der Waals surface area contributed by atoms with Crippen molar-refractivity contribution in [3.05, 3.63) is 53.9 Å². The van der Waals surface area contributed by atoms with Crippen LogP contribution < -0.4 is 19.1 Å². The predicted molar refractivity (Wildman–Crippen MR) is 145 cm³/mol. The first-order valence-corrected chi connectivity index (χ1v) is 12.8.